The number of nitro groups is 1. The molecule has 2 aromatic rings. The number of nitro benzene ring substituents is 1. The zero-order valence-corrected chi connectivity index (χ0v) is 14.4. The normalized spacial score (nSPS) is 13.2. The van der Waals surface area contributed by atoms with Gasteiger partial charge < -0.3 is 4.74 Å². The van der Waals surface area contributed by atoms with Crippen LogP contribution in [0.25, 0.3) is 0 Å². The van der Waals surface area contributed by atoms with E-state index >= 15 is 0 Å². The number of carbonyl (C=O) groups is 3. The Morgan fingerprint density at radius 2 is 1.63 bits per heavy atom. The van der Waals surface area contributed by atoms with Gasteiger partial charge in [0.05, 0.1) is 4.92 Å². The first-order chi connectivity index (χ1) is 12.9. The Labute approximate surface area is 157 Å². The van der Waals surface area contributed by atoms with Crippen molar-refractivity contribution < 1.29 is 24.0 Å². The van der Waals surface area contributed by atoms with Crippen LogP contribution < -0.4 is 5.32 Å². The van der Waals surface area contributed by atoms with Crippen LogP contribution in [0.5, 0.6) is 0 Å². The van der Waals surface area contributed by atoms with E-state index in [-0.39, 0.29) is 29.1 Å². The number of halogens is 1. The maximum atomic E-state index is 12.5. The lowest BCUT2D eigenvalue weighted by Gasteiger charge is -2.18. The number of fused-ring (bicyclic) bond motifs is 1. The monoisotopic (exact) mass is 386 g/mol. The van der Waals surface area contributed by atoms with Crippen LogP contribution in [0.4, 0.5) is 10.5 Å². The number of non-ortho nitro benzene ring substituents is 1. The number of Topliss-reactive ketones (excluding diaryl/α,β-unsaturated/α-hetero) is 2. The molecule has 0 bridgehead atoms. The molecule has 2 aromatic carbocycles. The highest BCUT2D eigenvalue weighted by atomic mass is 35.5. The van der Waals surface area contributed by atoms with Gasteiger partial charge in [-0.1, -0.05) is 35.9 Å². The summed E-state index contributed by atoms with van der Waals surface area (Å²) in [5.74, 6) is -1.17. The molecule has 0 unspecified atom stereocenters. The van der Waals surface area contributed by atoms with E-state index in [9.17, 15) is 24.5 Å². The molecule has 0 fully saturated rings. The summed E-state index contributed by atoms with van der Waals surface area (Å²) in [5.41, 5.74) is 0.362. The molecule has 1 N–H and O–H groups in total. The zero-order chi connectivity index (χ0) is 19.6. The molecule has 0 heterocycles. The summed E-state index contributed by atoms with van der Waals surface area (Å²) in [6.07, 6.45) is -0.984. The molecule has 1 aliphatic rings. The second-order valence-electron chi connectivity index (χ2n) is 5.52. The Bertz CT molecular complexity index is 997. The van der Waals surface area contributed by atoms with Gasteiger partial charge in [-0.3, -0.25) is 25.0 Å². The summed E-state index contributed by atoms with van der Waals surface area (Å²) < 4.78 is 4.97. The smallest absolute Gasteiger partial charge is 0.412 e. The quantitative estimate of drug-likeness (QED) is 0.636. The van der Waals surface area contributed by atoms with Crippen LogP contribution in [-0.4, -0.2) is 22.6 Å². The van der Waals surface area contributed by atoms with Crippen molar-refractivity contribution in [2.45, 2.75) is 6.61 Å². The minimum Gasteiger partial charge on any atom is -0.444 e. The fourth-order valence-electron chi connectivity index (χ4n) is 2.46. The first-order valence-corrected chi connectivity index (χ1v) is 8.01. The molecule has 8 nitrogen and oxygen atoms in total. The van der Waals surface area contributed by atoms with Gasteiger partial charge in [-0.25, -0.2) is 4.79 Å². The minimum absolute atomic E-state index is 0.0925. The van der Waals surface area contributed by atoms with Gasteiger partial charge in [0.15, 0.2) is 0 Å². The first-order valence-electron chi connectivity index (χ1n) is 7.64. The Balaban J connectivity index is 1.69. The number of allylic oxidation sites excluding steroid dienone is 2. The molecular formula is C18H11ClN2O6. The fourth-order valence-corrected chi connectivity index (χ4v) is 2.69. The van der Waals surface area contributed by atoms with Crippen LogP contribution in [0.2, 0.25) is 0 Å². The molecule has 0 spiro atoms. The van der Waals surface area contributed by atoms with Crippen LogP contribution in [0.15, 0.2) is 59.3 Å². The Kier molecular flexibility index (Phi) is 5.00. The molecule has 3 rings (SSSR count). The third-order valence-electron chi connectivity index (χ3n) is 3.81. The molecule has 0 aliphatic heterocycles. The number of nitrogens with one attached hydrogen (secondary N) is 1. The van der Waals surface area contributed by atoms with Gasteiger partial charge in [-0.15, -0.1) is 0 Å². The topological polar surface area (TPSA) is 116 Å². The molecular weight excluding hydrogens is 376 g/mol. The second kappa shape index (κ2) is 7.38. The van der Waals surface area contributed by atoms with Gasteiger partial charge in [0.1, 0.15) is 17.3 Å². The second-order valence-corrected chi connectivity index (χ2v) is 5.90. The highest BCUT2D eigenvalue weighted by molar-refractivity contribution is 6.50. The van der Waals surface area contributed by atoms with E-state index in [0.717, 1.165) is 0 Å². The number of carbonyl (C=O) groups excluding carboxylic acids is 3. The summed E-state index contributed by atoms with van der Waals surface area (Å²) in [6.45, 7) is -0.187. The van der Waals surface area contributed by atoms with Crippen molar-refractivity contribution in [3.8, 4) is 0 Å². The van der Waals surface area contributed by atoms with Crippen molar-refractivity contribution in [2.24, 2.45) is 0 Å². The lowest BCUT2D eigenvalue weighted by Crippen LogP contribution is -2.33. The van der Waals surface area contributed by atoms with E-state index in [4.69, 9.17) is 16.3 Å². The summed E-state index contributed by atoms with van der Waals surface area (Å²) in [5, 5.41) is 12.4. The third-order valence-corrected chi connectivity index (χ3v) is 4.17. The van der Waals surface area contributed by atoms with Crippen LogP contribution in [-0.2, 0) is 11.3 Å². The number of ketones is 2. The summed E-state index contributed by atoms with van der Waals surface area (Å²) >= 11 is 5.94. The van der Waals surface area contributed by atoms with E-state index in [0.29, 0.717) is 5.56 Å². The van der Waals surface area contributed by atoms with Crippen molar-refractivity contribution in [3.63, 3.8) is 0 Å². The fraction of sp³-hybridized carbons (Fsp3) is 0.0556. The molecule has 9 heteroatoms. The number of benzene rings is 2. The molecule has 1 amide bonds. The molecule has 0 saturated carbocycles. The first kappa shape index (κ1) is 18.3. The zero-order valence-electron chi connectivity index (χ0n) is 13.6. The third kappa shape index (κ3) is 3.70. The number of nitrogens with zero attached hydrogens (tertiary/aromatic N) is 1. The van der Waals surface area contributed by atoms with Crippen molar-refractivity contribution in [3.05, 3.63) is 86.1 Å². The summed E-state index contributed by atoms with van der Waals surface area (Å²) in [4.78, 5) is 46.7. The molecule has 1 aliphatic carbocycles. The van der Waals surface area contributed by atoms with Gasteiger partial charge >= 0.3 is 6.09 Å². The molecule has 0 saturated heterocycles. The molecule has 0 aromatic heterocycles. The van der Waals surface area contributed by atoms with Crippen molar-refractivity contribution in [2.75, 3.05) is 0 Å². The average molecular weight is 387 g/mol. The minimum atomic E-state index is -0.984. The Morgan fingerprint density at radius 3 is 2.22 bits per heavy atom. The highest BCUT2D eigenvalue weighted by Crippen LogP contribution is 2.27. The van der Waals surface area contributed by atoms with Crippen LogP contribution in [0.3, 0.4) is 0 Å². The lowest BCUT2D eigenvalue weighted by atomic mass is 9.92. The summed E-state index contributed by atoms with van der Waals surface area (Å²) in [7, 11) is 0. The van der Waals surface area contributed by atoms with Crippen LogP contribution in [0, 0.1) is 10.1 Å². The maximum Gasteiger partial charge on any atom is 0.412 e. The standard InChI is InChI=1S/C18H11ClN2O6/c19-14-15(17(23)13-4-2-1-3-12(13)16(14)22)20-18(24)27-9-10-5-7-11(8-6-10)21(25)26/h1-8H,9H2,(H,20,24). The molecule has 0 radical (unpaired) electrons. The number of rotatable bonds is 4. The molecule has 27 heavy (non-hydrogen) atoms. The van der Waals surface area contributed by atoms with Gasteiger partial charge in [0.25, 0.3) is 5.69 Å². The van der Waals surface area contributed by atoms with Crippen molar-refractivity contribution in [1.29, 1.82) is 0 Å². The van der Waals surface area contributed by atoms with Crippen LogP contribution >= 0.6 is 11.6 Å². The van der Waals surface area contributed by atoms with Crippen molar-refractivity contribution >= 4 is 34.9 Å². The number of hydrogen-bond acceptors (Lipinski definition) is 6. The summed E-state index contributed by atoms with van der Waals surface area (Å²) in [6, 6.07) is 11.5. The predicted molar refractivity (Wildman–Crippen MR) is 94.4 cm³/mol. The molecule has 136 valence electrons. The maximum absolute atomic E-state index is 12.5. The Hall–Kier alpha value is -3.52. The number of alkyl carbamates (subject to hydrolysis) is 1. The van der Waals surface area contributed by atoms with E-state index in [2.05, 4.69) is 5.32 Å². The number of hydrogen-bond donors (Lipinski definition) is 1. The van der Waals surface area contributed by atoms with E-state index < -0.39 is 27.6 Å². The van der Waals surface area contributed by atoms with Gasteiger partial charge in [-0.05, 0) is 17.7 Å². The van der Waals surface area contributed by atoms with Gasteiger partial charge in [0.2, 0.25) is 11.6 Å². The lowest BCUT2D eigenvalue weighted by molar-refractivity contribution is -0.384. The Morgan fingerprint density at radius 1 is 1.04 bits per heavy atom. The molecule has 0 atom stereocenters. The van der Waals surface area contributed by atoms with Gasteiger partial charge in [0, 0.05) is 23.3 Å². The largest absolute Gasteiger partial charge is 0.444 e. The van der Waals surface area contributed by atoms with E-state index in [1.165, 1.54) is 36.4 Å². The SMILES string of the molecule is O=C(NC1=C(Cl)C(=O)c2ccccc2C1=O)OCc1ccc([N+](=O)[O-])cc1. The predicted octanol–water partition coefficient (Wildman–Crippen LogP) is 3.35. The van der Waals surface area contributed by atoms with E-state index in [1.54, 1.807) is 12.1 Å². The average Bonchev–Trinajstić information content (AvgIpc) is 2.68. The highest BCUT2D eigenvalue weighted by Gasteiger charge is 2.32. The van der Waals surface area contributed by atoms with Gasteiger partial charge in [-0.2, -0.15) is 0 Å². The van der Waals surface area contributed by atoms with Crippen molar-refractivity contribution in [1.82, 2.24) is 5.32 Å². The number of amides is 1. The van der Waals surface area contributed by atoms with E-state index in [1.807, 2.05) is 0 Å². The number of ether oxygens (including phenoxy) is 1. The van der Waals surface area contributed by atoms with Crippen LogP contribution in [0.1, 0.15) is 26.3 Å².